The minimum Gasteiger partial charge on any atom is -0.345 e. The smallest absolute Gasteiger partial charge is 0.253 e. The number of aromatic nitrogens is 4. The van der Waals surface area contributed by atoms with Crippen molar-refractivity contribution in [2.75, 3.05) is 0 Å². The van der Waals surface area contributed by atoms with Gasteiger partial charge in [-0.2, -0.15) is 5.10 Å². The first-order chi connectivity index (χ1) is 11.1. The van der Waals surface area contributed by atoms with Gasteiger partial charge in [0.05, 0.1) is 12.1 Å². The molecular formula is C16H14ClN5O. The molecular weight excluding hydrogens is 314 g/mol. The molecule has 2 heterocycles. The number of carbonyl (C=O) groups is 1. The van der Waals surface area contributed by atoms with Gasteiger partial charge in [-0.05, 0) is 19.1 Å². The number of nitrogens with one attached hydrogen (secondary N) is 2. The molecule has 0 radical (unpaired) electrons. The number of carbonyl (C=O) groups excluding carboxylic acids is 1. The summed E-state index contributed by atoms with van der Waals surface area (Å²) in [5, 5.41) is 10.1. The number of nitrogens with zero attached hydrogens (tertiary/aromatic N) is 3. The maximum atomic E-state index is 12.0. The molecule has 0 aliphatic carbocycles. The Hall–Kier alpha value is -2.73. The van der Waals surface area contributed by atoms with E-state index in [9.17, 15) is 4.79 Å². The van der Waals surface area contributed by atoms with Crippen LogP contribution in [-0.4, -0.2) is 26.1 Å². The molecule has 6 nitrogen and oxygen atoms in total. The number of aryl methyl sites for hydroxylation is 1. The monoisotopic (exact) mass is 327 g/mol. The highest BCUT2D eigenvalue weighted by Crippen LogP contribution is 2.15. The molecule has 0 saturated carbocycles. The number of hydrogen-bond donors (Lipinski definition) is 2. The van der Waals surface area contributed by atoms with Crippen molar-refractivity contribution >= 4 is 17.5 Å². The Kier molecular flexibility index (Phi) is 4.34. The molecule has 2 N–H and O–H groups in total. The number of pyridine rings is 1. The Morgan fingerprint density at radius 1 is 1.22 bits per heavy atom. The number of halogens is 1. The van der Waals surface area contributed by atoms with Gasteiger partial charge < -0.3 is 5.32 Å². The molecule has 23 heavy (non-hydrogen) atoms. The Morgan fingerprint density at radius 2 is 2.00 bits per heavy atom. The first kappa shape index (κ1) is 15.2. The zero-order chi connectivity index (χ0) is 16.2. The summed E-state index contributed by atoms with van der Waals surface area (Å²) in [5.74, 6) is 0.931. The zero-order valence-electron chi connectivity index (χ0n) is 12.4. The molecule has 7 heteroatoms. The highest BCUT2D eigenvalue weighted by molar-refractivity contribution is 6.29. The summed E-state index contributed by atoms with van der Waals surface area (Å²) in [6.07, 6.45) is 1.43. The molecule has 116 valence electrons. The van der Waals surface area contributed by atoms with E-state index in [1.165, 1.54) is 11.8 Å². The molecule has 3 rings (SSSR count). The fourth-order valence-corrected chi connectivity index (χ4v) is 2.09. The molecule has 0 fully saturated rings. The molecule has 0 aliphatic rings. The lowest BCUT2D eigenvalue weighted by Crippen LogP contribution is -2.23. The Labute approximate surface area is 137 Å². The highest BCUT2D eigenvalue weighted by atomic mass is 35.5. The number of aromatic amines is 1. The third kappa shape index (κ3) is 3.73. The van der Waals surface area contributed by atoms with E-state index in [0.717, 1.165) is 5.56 Å². The maximum absolute atomic E-state index is 12.0. The van der Waals surface area contributed by atoms with E-state index in [2.05, 4.69) is 25.5 Å². The summed E-state index contributed by atoms with van der Waals surface area (Å²) in [5.41, 5.74) is 2.53. The first-order valence-corrected chi connectivity index (χ1v) is 7.38. The van der Waals surface area contributed by atoms with Gasteiger partial charge >= 0.3 is 0 Å². The van der Waals surface area contributed by atoms with Gasteiger partial charge in [0.2, 0.25) is 0 Å². The molecule has 1 amide bonds. The van der Waals surface area contributed by atoms with Crippen molar-refractivity contribution in [2.45, 2.75) is 13.5 Å². The van der Waals surface area contributed by atoms with Crippen LogP contribution in [0, 0.1) is 6.92 Å². The van der Waals surface area contributed by atoms with E-state index in [4.69, 9.17) is 11.6 Å². The molecule has 0 spiro atoms. The number of H-pyrrole nitrogens is 1. The van der Waals surface area contributed by atoms with Crippen LogP contribution in [0.25, 0.3) is 11.4 Å². The predicted molar refractivity (Wildman–Crippen MR) is 87.0 cm³/mol. The van der Waals surface area contributed by atoms with E-state index < -0.39 is 0 Å². The van der Waals surface area contributed by atoms with Crippen LogP contribution in [0.5, 0.6) is 0 Å². The van der Waals surface area contributed by atoms with E-state index >= 15 is 0 Å². The van der Waals surface area contributed by atoms with E-state index in [0.29, 0.717) is 22.4 Å². The molecule has 0 aliphatic heterocycles. The van der Waals surface area contributed by atoms with Crippen LogP contribution in [-0.2, 0) is 6.54 Å². The summed E-state index contributed by atoms with van der Waals surface area (Å²) in [6, 6.07) is 11.1. The van der Waals surface area contributed by atoms with Gasteiger partial charge in [-0.25, -0.2) is 9.97 Å². The van der Waals surface area contributed by atoms with Crippen molar-refractivity contribution < 1.29 is 4.79 Å². The van der Waals surface area contributed by atoms with Crippen molar-refractivity contribution in [1.82, 2.24) is 25.5 Å². The van der Waals surface area contributed by atoms with Crippen LogP contribution in [0.15, 0.2) is 42.6 Å². The molecule has 0 bridgehead atoms. The molecule has 3 aromatic rings. The fourth-order valence-electron chi connectivity index (χ4n) is 1.98. The zero-order valence-corrected chi connectivity index (χ0v) is 13.1. The van der Waals surface area contributed by atoms with Gasteiger partial charge in [0.15, 0.2) is 5.82 Å². The van der Waals surface area contributed by atoms with Crippen LogP contribution in [0.2, 0.25) is 5.15 Å². The van der Waals surface area contributed by atoms with Crippen LogP contribution >= 0.6 is 11.6 Å². The quantitative estimate of drug-likeness (QED) is 0.722. The second kappa shape index (κ2) is 6.58. The van der Waals surface area contributed by atoms with Gasteiger partial charge in [0, 0.05) is 11.8 Å². The van der Waals surface area contributed by atoms with Crippen molar-refractivity contribution in [1.29, 1.82) is 0 Å². The van der Waals surface area contributed by atoms with Gasteiger partial charge in [-0.1, -0.05) is 41.4 Å². The average Bonchev–Trinajstić information content (AvgIpc) is 3.03. The standard InChI is InChI=1S/C16H14ClN5O/c1-10-2-4-11(5-3-10)15-20-14(21-22-15)9-19-16(23)12-6-7-13(17)18-8-12/h2-8H,9H2,1H3,(H,19,23)(H,20,21,22). The average molecular weight is 328 g/mol. The Balaban J connectivity index is 1.64. The highest BCUT2D eigenvalue weighted by Gasteiger charge is 2.09. The molecule has 2 aromatic heterocycles. The number of benzene rings is 1. The van der Waals surface area contributed by atoms with E-state index in [1.54, 1.807) is 12.1 Å². The molecule has 0 saturated heterocycles. The SMILES string of the molecule is Cc1ccc(-c2n[nH]c(CNC(=O)c3ccc(Cl)nc3)n2)cc1. The summed E-state index contributed by atoms with van der Waals surface area (Å²) >= 11 is 5.69. The lowest BCUT2D eigenvalue weighted by molar-refractivity contribution is 0.0949. The van der Waals surface area contributed by atoms with Gasteiger partial charge in [0.1, 0.15) is 11.0 Å². The summed E-state index contributed by atoms with van der Waals surface area (Å²) in [6.45, 7) is 2.27. The molecule has 1 aromatic carbocycles. The number of amides is 1. The van der Waals surface area contributed by atoms with Crippen molar-refractivity contribution in [3.05, 3.63) is 64.7 Å². The largest absolute Gasteiger partial charge is 0.345 e. The van der Waals surface area contributed by atoms with Gasteiger partial charge in [0.25, 0.3) is 5.91 Å². The van der Waals surface area contributed by atoms with Crippen LogP contribution < -0.4 is 5.32 Å². The summed E-state index contributed by atoms with van der Waals surface area (Å²) in [7, 11) is 0. The topological polar surface area (TPSA) is 83.6 Å². The second-order valence-corrected chi connectivity index (χ2v) is 5.41. The second-order valence-electron chi connectivity index (χ2n) is 5.02. The summed E-state index contributed by atoms with van der Waals surface area (Å²) < 4.78 is 0. The third-order valence-corrected chi connectivity index (χ3v) is 3.47. The fraction of sp³-hybridized carbons (Fsp3) is 0.125. The minimum atomic E-state index is -0.248. The third-order valence-electron chi connectivity index (χ3n) is 3.25. The Bertz CT molecular complexity index is 811. The van der Waals surface area contributed by atoms with Crippen molar-refractivity contribution in [3.63, 3.8) is 0 Å². The predicted octanol–water partition coefficient (Wildman–Crippen LogP) is 2.76. The summed E-state index contributed by atoms with van der Waals surface area (Å²) in [4.78, 5) is 20.2. The minimum absolute atomic E-state index is 0.248. The Morgan fingerprint density at radius 3 is 2.70 bits per heavy atom. The van der Waals surface area contributed by atoms with E-state index in [1.807, 2.05) is 31.2 Å². The lowest BCUT2D eigenvalue weighted by atomic mass is 10.1. The molecule has 0 unspecified atom stereocenters. The van der Waals surface area contributed by atoms with Crippen molar-refractivity contribution in [2.24, 2.45) is 0 Å². The van der Waals surface area contributed by atoms with Crippen molar-refractivity contribution in [3.8, 4) is 11.4 Å². The van der Waals surface area contributed by atoms with Gasteiger partial charge in [-0.15, -0.1) is 0 Å². The lowest BCUT2D eigenvalue weighted by Gasteiger charge is -2.02. The molecule has 0 atom stereocenters. The van der Waals surface area contributed by atoms with Crippen LogP contribution in [0.1, 0.15) is 21.7 Å². The maximum Gasteiger partial charge on any atom is 0.253 e. The van der Waals surface area contributed by atoms with Crippen LogP contribution in [0.3, 0.4) is 0 Å². The number of hydrogen-bond acceptors (Lipinski definition) is 4. The first-order valence-electron chi connectivity index (χ1n) is 7.00. The number of rotatable bonds is 4. The van der Waals surface area contributed by atoms with E-state index in [-0.39, 0.29) is 12.5 Å². The van der Waals surface area contributed by atoms with Crippen LogP contribution in [0.4, 0.5) is 0 Å². The van der Waals surface area contributed by atoms with Gasteiger partial charge in [-0.3, -0.25) is 9.89 Å². The normalized spacial score (nSPS) is 10.5.